The molecule has 0 aromatic heterocycles. The minimum atomic E-state index is -0.368. The maximum Gasteiger partial charge on any atom is 0.330 e. The number of rotatable bonds is 7. The van der Waals surface area contributed by atoms with Crippen LogP contribution in [0.4, 0.5) is 5.69 Å². The number of ether oxygens (including phenoxy) is 2. The Kier molecular flexibility index (Phi) is 7.18. The van der Waals surface area contributed by atoms with Crippen molar-refractivity contribution in [2.24, 2.45) is 0 Å². The zero-order valence-corrected chi connectivity index (χ0v) is 12.7. The molecule has 0 atom stereocenters. The summed E-state index contributed by atoms with van der Waals surface area (Å²) in [6, 6.07) is 7.35. The minimum Gasteiger partial charge on any atom is -0.463 e. The number of carbonyl (C=O) groups excluding carboxylic acids is 2. The molecule has 0 heterocycles. The molecule has 1 amide bonds. The van der Waals surface area contributed by atoms with Crippen molar-refractivity contribution in [3.05, 3.63) is 35.9 Å². The number of nitrogens with zero attached hydrogens (tertiary/aromatic N) is 1. The van der Waals surface area contributed by atoms with Gasteiger partial charge in [-0.1, -0.05) is 12.1 Å². The summed E-state index contributed by atoms with van der Waals surface area (Å²) in [5.74, 6) is -0.408. The fourth-order valence-electron chi connectivity index (χ4n) is 1.77. The highest BCUT2D eigenvalue weighted by atomic mass is 16.5. The molecule has 0 bridgehead atoms. The van der Waals surface area contributed by atoms with Gasteiger partial charge in [0.2, 0.25) is 5.91 Å². The summed E-state index contributed by atoms with van der Waals surface area (Å²) in [6.45, 7) is 4.62. The standard InChI is InChI=1S/C16H21NO4/c1-4-21-16(19)10-7-14-5-8-15(9-6-14)17(13(2)18)11-12-20-3/h5-10H,4,11-12H2,1-3H3/b10-7+. The Bertz CT molecular complexity index is 494. The summed E-state index contributed by atoms with van der Waals surface area (Å²) < 4.78 is 9.81. The average molecular weight is 291 g/mol. The Morgan fingerprint density at radius 1 is 1.24 bits per heavy atom. The summed E-state index contributed by atoms with van der Waals surface area (Å²) in [6.07, 6.45) is 3.06. The monoisotopic (exact) mass is 291 g/mol. The van der Waals surface area contributed by atoms with Crippen LogP contribution < -0.4 is 4.90 Å². The lowest BCUT2D eigenvalue weighted by molar-refractivity contribution is -0.137. The summed E-state index contributed by atoms with van der Waals surface area (Å²) >= 11 is 0. The van der Waals surface area contributed by atoms with Crippen LogP contribution in [0.3, 0.4) is 0 Å². The summed E-state index contributed by atoms with van der Waals surface area (Å²) in [7, 11) is 1.60. The van der Waals surface area contributed by atoms with E-state index in [0.717, 1.165) is 11.3 Å². The minimum absolute atomic E-state index is 0.0399. The average Bonchev–Trinajstić information content (AvgIpc) is 2.47. The fourth-order valence-corrected chi connectivity index (χ4v) is 1.77. The van der Waals surface area contributed by atoms with E-state index < -0.39 is 0 Å². The maximum atomic E-state index is 11.6. The molecule has 1 rings (SSSR count). The van der Waals surface area contributed by atoms with Crippen LogP contribution >= 0.6 is 0 Å². The van der Waals surface area contributed by atoms with Gasteiger partial charge in [-0.2, -0.15) is 0 Å². The third kappa shape index (κ3) is 5.79. The van der Waals surface area contributed by atoms with Gasteiger partial charge in [0.05, 0.1) is 13.2 Å². The smallest absolute Gasteiger partial charge is 0.330 e. The molecule has 0 aliphatic rings. The van der Waals surface area contributed by atoms with E-state index in [9.17, 15) is 9.59 Å². The number of esters is 1. The highest BCUT2D eigenvalue weighted by Crippen LogP contribution is 2.16. The molecule has 0 fully saturated rings. The van der Waals surface area contributed by atoms with E-state index >= 15 is 0 Å². The van der Waals surface area contributed by atoms with E-state index in [1.54, 1.807) is 25.0 Å². The SMILES string of the molecule is CCOC(=O)/C=C/c1ccc(N(CCOC)C(C)=O)cc1. The van der Waals surface area contributed by atoms with Gasteiger partial charge in [-0.05, 0) is 30.7 Å². The largest absolute Gasteiger partial charge is 0.463 e. The quantitative estimate of drug-likeness (QED) is 0.571. The molecule has 0 saturated heterocycles. The molecule has 1 aromatic carbocycles. The van der Waals surface area contributed by atoms with Crippen LogP contribution in [-0.4, -0.2) is 38.7 Å². The molecule has 0 aliphatic carbocycles. The van der Waals surface area contributed by atoms with Crippen LogP contribution in [0.1, 0.15) is 19.4 Å². The first kappa shape index (κ1) is 16.9. The van der Waals surface area contributed by atoms with Crippen molar-refractivity contribution in [3.8, 4) is 0 Å². The second-order valence-electron chi connectivity index (χ2n) is 4.34. The van der Waals surface area contributed by atoms with Gasteiger partial charge < -0.3 is 14.4 Å². The molecule has 0 N–H and O–H groups in total. The second kappa shape index (κ2) is 8.92. The van der Waals surface area contributed by atoms with Gasteiger partial charge in [0.1, 0.15) is 0 Å². The molecule has 0 radical (unpaired) electrons. The Balaban J connectivity index is 2.75. The lowest BCUT2D eigenvalue weighted by Gasteiger charge is -2.20. The molecule has 5 heteroatoms. The predicted octanol–water partition coefficient (Wildman–Crippen LogP) is 2.26. The fraction of sp³-hybridized carbons (Fsp3) is 0.375. The molecule has 0 saturated carbocycles. The Labute approximate surface area is 125 Å². The lowest BCUT2D eigenvalue weighted by Crippen LogP contribution is -2.31. The van der Waals surface area contributed by atoms with Crippen LogP contribution in [0.2, 0.25) is 0 Å². The second-order valence-corrected chi connectivity index (χ2v) is 4.34. The molecule has 0 spiro atoms. The van der Waals surface area contributed by atoms with Gasteiger partial charge >= 0.3 is 5.97 Å². The van der Waals surface area contributed by atoms with E-state index in [-0.39, 0.29) is 11.9 Å². The number of hydrogen-bond donors (Lipinski definition) is 0. The Hall–Kier alpha value is -2.14. The van der Waals surface area contributed by atoms with Gasteiger partial charge in [-0.15, -0.1) is 0 Å². The Morgan fingerprint density at radius 2 is 1.90 bits per heavy atom. The highest BCUT2D eigenvalue weighted by molar-refractivity contribution is 5.91. The Morgan fingerprint density at radius 3 is 2.43 bits per heavy atom. The van der Waals surface area contributed by atoms with Gasteiger partial charge in [0, 0.05) is 32.3 Å². The van der Waals surface area contributed by atoms with E-state index in [2.05, 4.69) is 0 Å². The van der Waals surface area contributed by atoms with Crippen LogP contribution in [-0.2, 0) is 19.1 Å². The molecule has 5 nitrogen and oxygen atoms in total. The van der Waals surface area contributed by atoms with Crippen molar-refractivity contribution >= 4 is 23.6 Å². The molecule has 21 heavy (non-hydrogen) atoms. The molecule has 0 aliphatic heterocycles. The number of carbonyl (C=O) groups is 2. The summed E-state index contributed by atoms with van der Waals surface area (Å²) in [4.78, 5) is 24.5. The highest BCUT2D eigenvalue weighted by Gasteiger charge is 2.10. The lowest BCUT2D eigenvalue weighted by atomic mass is 10.2. The van der Waals surface area contributed by atoms with Crippen molar-refractivity contribution < 1.29 is 19.1 Å². The first-order chi connectivity index (χ1) is 10.1. The van der Waals surface area contributed by atoms with Crippen LogP contribution in [0, 0.1) is 0 Å². The van der Waals surface area contributed by atoms with Gasteiger partial charge in [-0.25, -0.2) is 4.79 Å². The number of benzene rings is 1. The molecule has 1 aromatic rings. The van der Waals surface area contributed by atoms with E-state index in [4.69, 9.17) is 9.47 Å². The zero-order valence-electron chi connectivity index (χ0n) is 12.7. The number of amides is 1. The molecular weight excluding hydrogens is 270 g/mol. The third-order valence-corrected chi connectivity index (χ3v) is 2.80. The summed E-state index contributed by atoms with van der Waals surface area (Å²) in [5.41, 5.74) is 1.66. The van der Waals surface area contributed by atoms with Crippen molar-refractivity contribution in [2.45, 2.75) is 13.8 Å². The van der Waals surface area contributed by atoms with E-state index in [0.29, 0.717) is 19.8 Å². The van der Waals surface area contributed by atoms with Crippen LogP contribution in [0.15, 0.2) is 30.3 Å². The number of hydrogen-bond acceptors (Lipinski definition) is 4. The normalized spacial score (nSPS) is 10.6. The van der Waals surface area contributed by atoms with Gasteiger partial charge in [-0.3, -0.25) is 4.79 Å². The van der Waals surface area contributed by atoms with Crippen molar-refractivity contribution in [3.63, 3.8) is 0 Å². The topological polar surface area (TPSA) is 55.8 Å². The van der Waals surface area contributed by atoms with Crippen molar-refractivity contribution in [2.75, 3.05) is 31.8 Å². The van der Waals surface area contributed by atoms with Gasteiger partial charge in [0.25, 0.3) is 0 Å². The summed E-state index contributed by atoms with van der Waals surface area (Å²) in [5, 5.41) is 0. The number of methoxy groups -OCH3 is 1. The number of anilines is 1. The van der Waals surface area contributed by atoms with Crippen molar-refractivity contribution in [1.29, 1.82) is 0 Å². The first-order valence-corrected chi connectivity index (χ1v) is 6.80. The third-order valence-electron chi connectivity index (χ3n) is 2.80. The molecule has 0 unspecified atom stereocenters. The molecular formula is C16H21NO4. The van der Waals surface area contributed by atoms with Gasteiger partial charge in [0.15, 0.2) is 0 Å². The zero-order chi connectivity index (χ0) is 15.7. The first-order valence-electron chi connectivity index (χ1n) is 6.80. The predicted molar refractivity (Wildman–Crippen MR) is 82.0 cm³/mol. The molecule has 114 valence electrons. The van der Waals surface area contributed by atoms with Crippen molar-refractivity contribution in [1.82, 2.24) is 0 Å². The maximum absolute atomic E-state index is 11.6. The van der Waals surface area contributed by atoms with Crippen LogP contribution in [0.25, 0.3) is 6.08 Å². The van der Waals surface area contributed by atoms with Crippen LogP contribution in [0.5, 0.6) is 0 Å². The van der Waals surface area contributed by atoms with E-state index in [1.165, 1.54) is 13.0 Å². The van der Waals surface area contributed by atoms with E-state index in [1.807, 2.05) is 24.3 Å².